The van der Waals surface area contributed by atoms with E-state index in [1.807, 2.05) is 0 Å². The number of rotatable bonds is 3. The number of hydrogen-bond acceptors (Lipinski definition) is 4. The first-order valence-corrected chi connectivity index (χ1v) is 9.79. The van der Waals surface area contributed by atoms with Crippen molar-refractivity contribution in [2.45, 2.75) is 24.9 Å². The molecule has 4 rings (SSSR count). The van der Waals surface area contributed by atoms with Gasteiger partial charge in [-0.2, -0.15) is 13.2 Å². The van der Waals surface area contributed by atoms with Crippen molar-refractivity contribution in [1.29, 1.82) is 0 Å². The lowest BCUT2D eigenvalue weighted by molar-refractivity contribution is -0.137. The first-order valence-electron chi connectivity index (χ1n) is 9.41. The van der Waals surface area contributed by atoms with Crippen LogP contribution >= 0.6 is 11.6 Å². The van der Waals surface area contributed by atoms with Gasteiger partial charge in [-0.05, 0) is 18.2 Å². The maximum absolute atomic E-state index is 13.5. The lowest BCUT2D eigenvalue weighted by Gasteiger charge is -2.32. The van der Waals surface area contributed by atoms with Crippen molar-refractivity contribution in [2.24, 2.45) is 0 Å². The van der Waals surface area contributed by atoms with Gasteiger partial charge in [-0.25, -0.2) is 13.8 Å². The molecule has 0 spiro atoms. The molecule has 0 unspecified atom stereocenters. The summed E-state index contributed by atoms with van der Waals surface area (Å²) in [6, 6.07) is 6.18. The molecule has 3 heterocycles. The van der Waals surface area contributed by atoms with Gasteiger partial charge < -0.3 is 4.90 Å². The van der Waals surface area contributed by atoms with E-state index in [2.05, 4.69) is 15.0 Å². The first-order chi connectivity index (χ1) is 14.6. The van der Waals surface area contributed by atoms with Crippen molar-refractivity contribution in [2.75, 3.05) is 18.0 Å². The molecule has 1 saturated heterocycles. The van der Waals surface area contributed by atoms with Crippen molar-refractivity contribution >= 4 is 17.4 Å². The van der Waals surface area contributed by atoms with Crippen LogP contribution in [0.4, 0.5) is 27.8 Å². The average molecular weight is 455 g/mol. The lowest BCUT2D eigenvalue weighted by atomic mass is 10.0. The zero-order chi connectivity index (χ0) is 22.2. The largest absolute Gasteiger partial charge is 0.416 e. The summed E-state index contributed by atoms with van der Waals surface area (Å²) in [5, 5.41) is 0.285. The van der Waals surface area contributed by atoms with Crippen LogP contribution in [-0.4, -0.2) is 34.0 Å². The molecule has 31 heavy (non-hydrogen) atoms. The number of nitrogens with zero attached hydrogens (tertiary/aromatic N) is 4. The summed E-state index contributed by atoms with van der Waals surface area (Å²) in [5.74, 6) is -2.31. The molecule has 10 heteroatoms. The molecule has 0 N–H and O–H groups in total. The molecule has 0 atom stereocenters. The third-order valence-corrected chi connectivity index (χ3v) is 5.39. The molecular formula is C21H16ClF5N4. The molecule has 1 aliphatic rings. The maximum Gasteiger partial charge on any atom is 0.416 e. The summed E-state index contributed by atoms with van der Waals surface area (Å²) in [4.78, 5) is 14.7. The van der Waals surface area contributed by atoms with Crippen LogP contribution in [0, 0.1) is 0 Å². The van der Waals surface area contributed by atoms with Gasteiger partial charge in [0, 0.05) is 49.5 Å². The van der Waals surface area contributed by atoms with Gasteiger partial charge in [0.1, 0.15) is 11.5 Å². The highest BCUT2D eigenvalue weighted by molar-refractivity contribution is 6.33. The maximum atomic E-state index is 13.5. The number of benzene rings is 1. The minimum Gasteiger partial charge on any atom is -0.355 e. The van der Waals surface area contributed by atoms with E-state index >= 15 is 0 Å². The molecule has 1 aliphatic heterocycles. The molecule has 0 saturated carbocycles. The van der Waals surface area contributed by atoms with E-state index < -0.39 is 17.7 Å². The van der Waals surface area contributed by atoms with E-state index in [-0.39, 0.29) is 31.0 Å². The van der Waals surface area contributed by atoms with Crippen LogP contribution in [0.5, 0.6) is 0 Å². The average Bonchev–Trinajstić information content (AvgIpc) is 2.73. The summed E-state index contributed by atoms with van der Waals surface area (Å²) in [6.45, 7) is 0.232. The fraction of sp³-hybridized carbons (Fsp3) is 0.286. The second-order valence-electron chi connectivity index (χ2n) is 7.20. The number of pyridine rings is 1. The summed E-state index contributed by atoms with van der Waals surface area (Å²) in [6.07, 6.45) is -0.672. The van der Waals surface area contributed by atoms with Gasteiger partial charge in [0.05, 0.1) is 22.5 Å². The molecule has 1 fully saturated rings. The highest BCUT2D eigenvalue weighted by Gasteiger charge is 2.35. The second kappa shape index (κ2) is 8.03. The molecule has 0 bridgehead atoms. The van der Waals surface area contributed by atoms with Crippen LogP contribution < -0.4 is 4.90 Å². The van der Waals surface area contributed by atoms with Gasteiger partial charge in [0.2, 0.25) is 0 Å². The van der Waals surface area contributed by atoms with Crippen LogP contribution in [0.25, 0.3) is 22.5 Å². The summed E-state index contributed by atoms with van der Waals surface area (Å²) >= 11 is 6.29. The van der Waals surface area contributed by atoms with Crippen molar-refractivity contribution in [3.05, 3.63) is 59.5 Å². The number of anilines is 1. The third kappa shape index (κ3) is 4.61. The molecule has 0 amide bonds. The van der Waals surface area contributed by atoms with Crippen LogP contribution in [0.1, 0.15) is 18.4 Å². The Balaban J connectivity index is 1.77. The van der Waals surface area contributed by atoms with E-state index in [0.29, 0.717) is 28.3 Å². The molecule has 0 radical (unpaired) electrons. The Hall–Kier alpha value is -2.81. The molecule has 3 aromatic rings. The smallest absolute Gasteiger partial charge is 0.355 e. The van der Waals surface area contributed by atoms with Gasteiger partial charge in [-0.15, -0.1) is 0 Å². The van der Waals surface area contributed by atoms with E-state index in [4.69, 9.17) is 11.6 Å². The van der Waals surface area contributed by atoms with E-state index in [1.54, 1.807) is 11.0 Å². The van der Waals surface area contributed by atoms with Crippen LogP contribution in [0.3, 0.4) is 0 Å². The van der Waals surface area contributed by atoms with Crippen LogP contribution in [0.2, 0.25) is 5.02 Å². The van der Waals surface area contributed by atoms with Gasteiger partial charge in [-0.3, -0.25) is 9.97 Å². The Bertz CT molecular complexity index is 1080. The van der Waals surface area contributed by atoms with E-state index in [1.165, 1.54) is 30.7 Å². The number of aromatic nitrogens is 3. The predicted octanol–water partition coefficient (Wildman–Crippen LogP) is 6.11. The molecule has 1 aromatic carbocycles. The van der Waals surface area contributed by atoms with Crippen molar-refractivity contribution < 1.29 is 22.0 Å². The normalized spacial score (nSPS) is 16.4. The zero-order valence-corrected chi connectivity index (χ0v) is 16.8. The highest BCUT2D eigenvalue weighted by atomic mass is 35.5. The Morgan fingerprint density at radius 3 is 2.23 bits per heavy atom. The van der Waals surface area contributed by atoms with E-state index in [0.717, 1.165) is 12.1 Å². The van der Waals surface area contributed by atoms with Gasteiger partial charge in [-0.1, -0.05) is 23.7 Å². The SMILES string of the molecule is FC1(F)CCN(c2cnc(-c3ccc(C(F)(F)F)cc3)c(-c3ccncc3Cl)n2)CC1. The van der Waals surface area contributed by atoms with Crippen molar-refractivity contribution in [3.8, 4) is 22.5 Å². The molecule has 162 valence electrons. The molecule has 0 aliphatic carbocycles. The number of halogens is 6. The quantitative estimate of drug-likeness (QED) is 0.447. The Morgan fingerprint density at radius 1 is 0.935 bits per heavy atom. The zero-order valence-electron chi connectivity index (χ0n) is 16.0. The predicted molar refractivity (Wildman–Crippen MR) is 107 cm³/mol. The number of hydrogen-bond donors (Lipinski definition) is 0. The number of alkyl halides is 5. The molecule has 4 nitrogen and oxygen atoms in total. The lowest BCUT2D eigenvalue weighted by Crippen LogP contribution is -2.39. The monoisotopic (exact) mass is 454 g/mol. The van der Waals surface area contributed by atoms with Crippen molar-refractivity contribution in [3.63, 3.8) is 0 Å². The van der Waals surface area contributed by atoms with E-state index in [9.17, 15) is 22.0 Å². The molecule has 2 aromatic heterocycles. The topological polar surface area (TPSA) is 41.9 Å². The fourth-order valence-corrected chi connectivity index (χ4v) is 3.59. The standard InChI is InChI=1S/C21H16ClF5N4/c22-16-11-28-8-5-15(16)19-18(13-1-3-14(4-2-13)21(25,26)27)29-12-17(30-19)31-9-6-20(23,24)7-10-31/h1-5,8,11-12H,6-7,9-10H2. The molecular weight excluding hydrogens is 439 g/mol. The van der Waals surface area contributed by atoms with Gasteiger partial charge in [0.25, 0.3) is 5.92 Å². The van der Waals surface area contributed by atoms with Crippen LogP contribution in [-0.2, 0) is 6.18 Å². The summed E-state index contributed by atoms with van der Waals surface area (Å²) in [7, 11) is 0. The fourth-order valence-electron chi connectivity index (χ4n) is 3.38. The highest BCUT2D eigenvalue weighted by Crippen LogP contribution is 2.37. The minimum absolute atomic E-state index is 0.116. The Morgan fingerprint density at radius 2 is 1.61 bits per heavy atom. The Labute approximate surface area is 179 Å². The second-order valence-corrected chi connectivity index (χ2v) is 7.61. The summed E-state index contributed by atoms with van der Waals surface area (Å²) < 4.78 is 65.8. The van der Waals surface area contributed by atoms with Gasteiger partial charge in [0.15, 0.2) is 0 Å². The van der Waals surface area contributed by atoms with Gasteiger partial charge >= 0.3 is 6.18 Å². The minimum atomic E-state index is -4.46. The number of piperidine rings is 1. The van der Waals surface area contributed by atoms with Crippen molar-refractivity contribution in [1.82, 2.24) is 15.0 Å². The summed E-state index contributed by atoms with van der Waals surface area (Å²) in [5.41, 5.74) is 0.789. The Kier molecular flexibility index (Phi) is 5.55. The first kappa shape index (κ1) is 21.4. The third-order valence-electron chi connectivity index (χ3n) is 5.09. The van der Waals surface area contributed by atoms with Crippen LogP contribution in [0.15, 0.2) is 48.9 Å².